The van der Waals surface area contributed by atoms with Gasteiger partial charge in [0.05, 0.1) is 6.54 Å². The van der Waals surface area contributed by atoms with E-state index >= 15 is 0 Å². The van der Waals surface area contributed by atoms with Gasteiger partial charge in [-0.05, 0) is 38.5 Å². The number of hydrogen-bond donors (Lipinski definition) is 1. The highest BCUT2D eigenvalue weighted by Crippen LogP contribution is 2.30. The van der Waals surface area contributed by atoms with Gasteiger partial charge in [-0.1, -0.05) is 13.8 Å². The summed E-state index contributed by atoms with van der Waals surface area (Å²) < 4.78 is 2.31. The monoisotopic (exact) mass is 382 g/mol. The Morgan fingerprint density at radius 3 is 2.54 bits per heavy atom. The number of anilines is 1. The number of aromatic nitrogens is 2. The molecule has 1 fully saturated rings. The van der Waals surface area contributed by atoms with E-state index in [9.17, 15) is 14.4 Å². The second-order valence-electron chi connectivity index (χ2n) is 7.57. The lowest BCUT2D eigenvalue weighted by atomic mass is 10.1. The van der Waals surface area contributed by atoms with Crippen LogP contribution >= 0.6 is 11.8 Å². The largest absolute Gasteiger partial charge is 0.384 e. The third kappa shape index (κ3) is 4.23. The number of likely N-dealkylation sites (N-methyl/N-ethyl adjacent to an activating group) is 1. The van der Waals surface area contributed by atoms with Crippen molar-refractivity contribution in [3.8, 4) is 0 Å². The molecule has 7 nitrogen and oxygen atoms in total. The predicted molar refractivity (Wildman–Crippen MR) is 107 cm³/mol. The zero-order chi connectivity index (χ0) is 19.6. The van der Waals surface area contributed by atoms with E-state index in [4.69, 9.17) is 5.73 Å². The lowest BCUT2D eigenvalue weighted by molar-refractivity contribution is 0.0919. The number of hydrogen-bond acceptors (Lipinski definition) is 6. The average Bonchev–Trinajstić information content (AvgIpc) is 3.06. The van der Waals surface area contributed by atoms with Crippen molar-refractivity contribution in [2.45, 2.75) is 50.9 Å². The molecule has 2 rings (SSSR count). The van der Waals surface area contributed by atoms with Gasteiger partial charge in [0.25, 0.3) is 5.56 Å². The molecule has 0 radical (unpaired) electrons. The van der Waals surface area contributed by atoms with Crippen LogP contribution in [0, 0.1) is 5.92 Å². The maximum atomic E-state index is 12.9. The van der Waals surface area contributed by atoms with Crippen molar-refractivity contribution < 1.29 is 4.79 Å². The fraction of sp³-hybridized carbons (Fsp3) is 0.722. The van der Waals surface area contributed by atoms with Crippen LogP contribution in [0.15, 0.2) is 9.59 Å². The van der Waals surface area contributed by atoms with Gasteiger partial charge in [-0.25, -0.2) is 4.79 Å². The number of Topliss-reactive ketones (excluding diaryl/α,β-unsaturated/α-hetero) is 1. The highest BCUT2D eigenvalue weighted by molar-refractivity contribution is 7.99. The summed E-state index contributed by atoms with van der Waals surface area (Å²) >= 11 is 1.86. The molecule has 146 valence electrons. The summed E-state index contributed by atoms with van der Waals surface area (Å²) in [6.45, 7) is 4.40. The molecule has 1 aromatic heterocycles. The molecule has 0 amide bonds. The van der Waals surface area contributed by atoms with Crippen LogP contribution in [-0.4, -0.2) is 51.0 Å². The number of carbonyl (C=O) groups is 1. The van der Waals surface area contributed by atoms with Crippen LogP contribution in [0.3, 0.4) is 0 Å². The van der Waals surface area contributed by atoms with Crippen LogP contribution in [0.5, 0.6) is 0 Å². The molecule has 1 aromatic rings. The number of rotatable bonds is 7. The van der Waals surface area contributed by atoms with E-state index in [1.807, 2.05) is 37.6 Å². The summed E-state index contributed by atoms with van der Waals surface area (Å²) in [5.41, 5.74) is 4.92. The smallest absolute Gasteiger partial charge is 0.332 e. The van der Waals surface area contributed by atoms with Crippen molar-refractivity contribution in [2.24, 2.45) is 13.0 Å². The van der Waals surface area contributed by atoms with Crippen molar-refractivity contribution in [2.75, 3.05) is 25.6 Å². The summed E-state index contributed by atoms with van der Waals surface area (Å²) in [4.78, 5) is 39.7. The molecule has 0 aromatic carbocycles. The quantitative estimate of drug-likeness (QED) is 0.712. The Labute approximate surface area is 158 Å². The van der Waals surface area contributed by atoms with E-state index in [2.05, 4.69) is 6.26 Å². The van der Waals surface area contributed by atoms with Crippen molar-refractivity contribution in [3.05, 3.63) is 26.4 Å². The van der Waals surface area contributed by atoms with Crippen molar-refractivity contribution in [1.82, 2.24) is 14.0 Å². The molecule has 2 N–H and O–H groups in total. The summed E-state index contributed by atoms with van der Waals surface area (Å²) in [5.74, 6) is -0.172. The first-order valence-corrected chi connectivity index (χ1v) is 10.3. The Morgan fingerprint density at radius 2 is 2.00 bits per heavy atom. The Bertz CT molecular complexity index is 784. The molecule has 26 heavy (non-hydrogen) atoms. The first-order chi connectivity index (χ1) is 12.2. The van der Waals surface area contributed by atoms with Gasteiger partial charge in [-0.2, -0.15) is 11.8 Å². The third-order valence-electron chi connectivity index (χ3n) is 5.12. The molecule has 1 heterocycles. The third-order valence-corrected chi connectivity index (χ3v) is 6.21. The van der Waals surface area contributed by atoms with E-state index in [1.54, 1.807) is 0 Å². The fourth-order valence-electron chi connectivity index (χ4n) is 3.55. The number of ketones is 1. The van der Waals surface area contributed by atoms with Gasteiger partial charge < -0.3 is 5.73 Å². The summed E-state index contributed by atoms with van der Waals surface area (Å²) in [7, 11) is 3.30. The van der Waals surface area contributed by atoms with Gasteiger partial charge in [0.1, 0.15) is 11.4 Å². The first-order valence-electron chi connectivity index (χ1n) is 9.02. The van der Waals surface area contributed by atoms with Gasteiger partial charge in [-0.3, -0.25) is 23.6 Å². The van der Waals surface area contributed by atoms with E-state index < -0.39 is 11.2 Å². The molecule has 0 spiro atoms. The Morgan fingerprint density at radius 1 is 1.35 bits per heavy atom. The van der Waals surface area contributed by atoms with Crippen molar-refractivity contribution >= 4 is 23.4 Å². The molecule has 0 saturated heterocycles. The normalized spacial score (nSPS) is 20.3. The zero-order valence-corrected chi connectivity index (χ0v) is 17.1. The van der Waals surface area contributed by atoms with Gasteiger partial charge in [0, 0.05) is 24.9 Å². The highest BCUT2D eigenvalue weighted by Gasteiger charge is 2.29. The molecule has 8 heteroatoms. The fourth-order valence-corrected chi connectivity index (χ4v) is 4.34. The minimum Gasteiger partial charge on any atom is -0.384 e. The average molecular weight is 383 g/mol. The summed E-state index contributed by atoms with van der Waals surface area (Å²) in [6.07, 6.45) is 5.36. The maximum absolute atomic E-state index is 12.9. The van der Waals surface area contributed by atoms with E-state index in [0.29, 0.717) is 17.8 Å². The van der Waals surface area contributed by atoms with Gasteiger partial charge in [0.15, 0.2) is 5.78 Å². The number of nitrogen functional groups attached to an aromatic ring is 1. The van der Waals surface area contributed by atoms with Gasteiger partial charge >= 0.3 is 5.69 Å². The molecule has 1 aliphatic rings. The molecule has 1 saturated carbocycles. The van der Waals surface area contributed by atoms with Crippen LogP contribution in [0.4, 0.5) is 5.82 Å². The molecule has 1 aliphatic carbocycles. The van der Waals surface area contributed by atoms with Crippen LogP contribution in [-0.2, 0) is 13.6 Å². The number of nitrogens with two attached hydrogens (primary N) is 1. The zero-order valence-electron chi connectivity index (χ0n) is 16.3. The minimum absolute atomic E-state index is 0.0152. The number of nitrogens with zero attached hydrogens (tertiary/aromatic N) is 3. The van der Waals surface area contributed by atoms with Crippen LogP contribution in [0.25, 0.3) is 0 Å². The second-order valence-corrected chi connectivity index (χ2v) is 8.71. The predicted octanol–water partition coefficient (Wildman–Crippen LogP) is 1.18. The van der Waals surface area contributed by atoms with Crippen molar-refractivity contribution in [1.29, 1.82) is 0 Å². The summed E-state index contributed by atoms with van der Waals surface area (Å²) in [5, 5.41) is 0.628. The van der Waals surface area contributed by atoms with Crippen LogP contribution < -0.4 is 17.0 Å². The molecular weight excluding hydrogens is 352 g/mol. The molecule has 0 unspecified atom stereocenters. The Balaban J connectivity index is 2.30. The molecule has 2 atom stereocenters. The lowest BCUT2D eigenvalue weighted by Crippen LogP contribution is -2.45. The first kappa shape index (κ1) is 20.8. The minimum atomic E-state index is -0.612. The SMILES string of the molecule is CS[C@@H]1CC[C@H](N(C)CC(=O)c2c(N)n(CC(C)C)c(=O)n(C)c2=O)C1. The highest BCUT2D eigenvalue weighted by atomic mass is 32.2. The standard InChI is InChI=1S/C18H30N4O3S/c1-11(2)9-22-16(19)15(17(24)21(4)18(22)25)14(23)10-20(3)12-6-7-13(8-12)26-5/h11-13H,6-10,19H2,1-5H3/t12-,13+/m0/s1. The molecular formula is C18H30N4O3S. The van der Waals surface area contributed by atoms with Crippen LogP contribution in [0.1, 0.15) is 43.5 Å². The molecule has 0 aliphatic heterocycles. The second kappa shape index (κ2) is 8.43. The number of carbonyl (C=O) groups excluding carboxylic acids is 1. The maximum Gasteiger partial charge on any atom is 0.332 e. The summed E-state index contributed by atoms with van der Waals surface area (Å²) in [6, 6.07) is 0.336. The lowest BCUT2D eigenvalue weighted by Gasteiger charge is -2.24. The van der Waals surface area contributed by atoms with E-state index in [0.717, 1.165) is 23.8 Å². The van der Waals surface area contributed by atoms with E-state index in [-0.39, 0.29) is 29.6 Å². The van der Waals surface area contributed by atoms with Gasteiger partial charge in [0.2, 0.25) is 0 Å². The topological polar surface area (TPSA) is 90.3 Å². The van der Waals surface area contributed by atoms with Crippen LogP contribution in [0.2, 0.25) is 0 Å². The Hall–Kier alpha value is -1.54. The van der Waals surface area contributed by atoms with E-state index in [1.165, 1.54) is 11.6 Å². The Kier molecular flexibility index (Phi) is 6.74. The van der Waals surface area contributed by atoms with Crippen molar-refractivity contribution in [3.63, 3.8) is 0 Å². The molecule has 0 bridgehead atoms. The number of thioether (sulfide) groups is 1. The van der Waals surface area contributed by atoms with Gasteiger partial charge in [-0.15, -0.1) is 0 Å².